The van der Waals surface area contributed by atoms with E-state index in [1.54, 1.807) is 12.1 Å². The summed E-state index contributed by atoms with van der Waals surface area (Å²) in [5.74, 6) is -0.195. The molecule has 16 heavy (non-hydrogen) atoms. The van der Waals surface area contributed by atoms with Crippen molar-refractivity contribution in [3.8, 4) is 11.5 Å². The topological polar surface area (TPSA) is 65.2 Å². The van der Waals surface area contributed by atoms with Gasteiger partial charge >= 0.3 is 0 Å². The summed E-state index contributed by atoms with van der Waals surface area (Å²) in [5, 5.41) is 26.6. The van der Waals surface area contributed by atoms with Gasteiger partial charge in [0.25, 0.3) is 0 Å². The van der Waals surface area contributed by atoms with Gasteiger partial charge in [0.05, 0.1) is 5.69 Å². The first-order chi connectivity index (χ1) is 7.77. The van der Waals surface area contributed by atoms with Crippen LogP contribution in [0.5, 0.6) is 11.5 Å². The predicted octanol–water partition coefficient (Wildman–Crippen LogP) is 3.51. The molecule has 0 spiro atoms. The van der Waals surface area contributed by atoms with Crippen LogP contribution in [-0.4, -0.2) is 10.2 Å². The zero-order valence-electron chi connectivity index (χ0n) is 8.41. The monoisotopic (exact) mass is 214 g/mol. The third-order valence-corrected chi connectivity index (χ3v) is 2.02. The molecule has 0 aromatic heterocycles. The van der Waals surface area contributed by atoms with Gasteiger partial charge in [-0.05, 0) is 24.3 Å². The minimum atomic E-state index is -0.0975. The quantitative estimate of drug-likeness (QED) is 0.751. The van der Waals surface area contributed by atoms with Crippen LogP contribution in [-0.2, 0) is 0 Å². The molecule has 4 heteroatoms. The van der Waals surface area contributed by atoms with Crippen molar-refractivity contribution in [1.29, 1.82) is 0 Å². The fourth-order valence-corrected chi connectivity index (χ4v) is 1.22. The summed E-state index contributed by atoms with van der Waals surface area (Å²) in [6.07, 6.45) is 0. The van der Waals surface area contributed by atoms with Gasteiger partial charge < -0.3 is 10.2 Å². The highest BCUT2D eigenvalue weighted by Gasteiger charge is 2.04. The van der Waals surface area contributed by atoms with Gasteiger partial charge in [-0.2, -0.15) is 5.11 Å². The Balaban J connectivity index is 2.31. The first-order valence-corrected chi connectivity index (χ1v) is 4.75. The van der Waals surface area contributed by atoms with Gasteiger partial charge in [-0.25, -0.2) is 0 Å². The van der Waals surface area contributed by atoms with Crippen LogP contribution in [0.3, 0.4) is 0 Å². The summed E-state index contributed by atoms with van der Waals surface area (Å²) in [5.41, 5.74) is 0.733. The lowest BCUT2D eigenvalue weighted by Gasteiger charge is -1.99. The summed E-state index contributed by atoms with van der Waals surface area (Å²) in [4.78, 5) is 0. The van der Waals surface area contributed by atoms with E-state index < -0.39 is 0 Å². The molecular formula is C12H10N2O2. The van der Waals surface area contributed by atoms with Crippen LogP contribution < -0.4 is 0 Å². The highest BCUT2D eigenvalue weighted by atomic mass is 16.3. The molecule has 0 unspecified atom stereocenters. The van der Waals surface area contributed by atoms with Gasteiger partial charge in [0.2, 0.25) is 0 Å². The third kappa shape index (κ3) is 2.17. The van der Waals surface area contributed by atoms with E-state index in [1.807, 2.05) is 18.2 Å². The normalized spacial score (nSPS) is 10.8. The summed E-state index contributed by atoms with van der Waals surface area (Å²) in [6, 6.07) is 13.5. The molecule has 80 valence electrons. The second kappa shape index (κ2) is 4.44. The lowest BCUT2D eigenvalue weighted by molar-refractivity contribution is 0.452. The van der Waals surface area contributed by atoms with E-state index in [9.17, 15) is 10.2 Å². The largest absolute Gasteiger partial charge is 0.505 e. The van der Waals surface area contributed by atoms with Gasteiger partial charge in [-0.15, -0.1) is 5.11 Å². The molecule has 2 aromatic rings. The molecule has 0 atom stereocenters. The van der Waals surface area contributed by atoms with Gasteiger partial charge in [0.1, 0.15) is 11.5 Å². The summed E-state index contributed by atoms with van der Waals surface area (Å²) in [6.45, 7) is 0. The Labute approximate surface area is 92.5 Å². The predicted molar refractivity (Wildman–Crippen MR) is 60.4 cm³/mol. The Morgan fingerprint density at radius 3 is 1.94 bits per heavy atom. The second-order valence-electron chi connectivity index (χ2n) is 3.18. The van der Waals surface area contributed by atoms with Crippen LogP contribution in [0.2, 0.25) is 0 Å². The zero-order valence-corrected chi connectivity index (χ0v) is 8.41. The molecule has 0 saturated carbocycles. The minimum Gasteiger partial charge on any atom is -0.505 e. The fraction of sp³-hybridized carbons (Fsp3) is 0. The average Bonchev–Trinajstić information content (AvgIpc) is 2.30. The number of aromatic hydroxyl groups is 2. The van der Waals surface area contributed by atoms with E-state index in [0.29, 0.717) is 5.69 Å². The molecule has 2 rings (SSSR count). The minimum absolute atomic E-state index is 0.0753. The van der Waals surface area contributed by atoms with Gasteiger partial charge in [-0.1, -0.05) is 24.3 Å². The number of benzene rings is 2. The molecule has 0 aliphatic heterocycles. The third-order valence-electron chi connectivity index (χ3n) is 2.02. The van der Waals surface area contributed by atoms with Crippen molar-refractivity contribution >= 4 is 11.4 Å². The maximum absolute atomic E-state index is 9.46. The standard InChI is InChI=1S/C12H10N2O2/c15-10-7-4-8-11(16)12(10)14-13-9-5-2-1-3-6-9/h1-8,15-16H. The molecule has 0 bridgehead atoms. The Morgan fingerprint density at radius 1 is 0.688 bits per heavy atom. The van der Waals surface area contributed by atoms with Crippen LogP contribution in [0.25, 0.3) is 0 Å². The smallest absolute Gasteiger partial charge is 0.169 e. The summed E-state index contributed by atoms with van der Waals surface area (Å²) >= 11 is 0. The fourth-order valence-electron chi connectivity index (χ4n) is 1.22. The molecule has 4 nitrogen and oxygen atoms in total. The lowest BCUT2D eigenvalue weighted by Crippen LogP contribution is -1.69. The van der Waals surface area contributed by atoms with E-state index >= 15 is 0 Å². The maximum Gasteiger partial charge on any atom is 0.169 e. The molecule has 0 aliphatic carbocycles. The number of hydrogen-bond acceptors (Lipinski definition) is 4. The molecule has 0 fully saturated rings. The average molecular weight is 214 g/mol. The zero-order chi connectivity index (χ0) is 11.4. The molecular weight excluding hydrogens is 204 g/mol. The lowest BCUT2D eigenvalue weighted by atomic mass is 10.3. The van der Waals surface area contributed by atoms with Crippen molar-refractivity contribution in [2.24, 2.45) is 10.2 Å². The highest BCUT2D eigenvalue weighted by Crippen LogP contribution is 2.36. The number of hydrogen-bond donors (Lipinski definition) is 2. The number of phenolic OH excluding ortho intramolecular Hbond substituents is 2. The molecule has 0 saturated heterocycles. The van der Waals surface area contributed by atoms with E-state index in [0.717, 1.165) is 0 Å². The molecule has 0 radical (unpaired) electrons. The first-order valence-electron chi connectivity index (χ1n) is 4.75. The van der Waals surface area contributed by atoms with Crippen LogP contribution in [0.4, 0.5) is 11.4 Å². The van der Waals surface area contributed by atoms with Crippen LogP contribution in [0.1, 0.15) is 0 Å². The first kappa shape index (κ1) is 10.2. The Kier molecular flexibility index (Phi) is 2.82. The number of phenols is 2. The van der Waals surface area contributed by atoms with Crippen molar-refractivity contribution in [1.82, 2.24) is 0 Å². The van der Waals surface area contributed by atoms with Gasteiger partial charge in [0, 0.05) is 0 Å². The summed E-state index contributed by atoms with van der Waals surface area (Å²) in [7, 11) is 0. The van der Waals surface area contributed by atoms with Gasteiger partial charge in [0.15, 0.2) is 5.69 Å². The maximum atomic E-state index is 9.46. The van der Waals surface area contributed by atoms with E-state index in [4.69, 9.17) is 0 Å². The van der Waals surface area contributed by atoms with E-state index in [1.165, 1.54) is 18.2 Å². The number of rotatable bonds is 2. The van der Waals surface area contributed by atoms with Crippen LogP contribution >= 0.6 is 0 Å². The van der Waals surface area contributed by atoms with Crippen molar-refractivity contribution in [3.63, 3.8) is 0 Å². The van der Waals surface area contributed by atoms with Crippen molar-refractivity contribution < 1.29 is 10.2 Å². The number of nitrogens with zero attached hydrogens (tertiary/aromatic N) is 2. The second-order valence-corrected chi connectivity index (χ2v) is 3.18. The molecule has 0 aliphatic rings. The van der Waals surface area contributed by atoms with Crippen molar-refractivity contribution in [2.75, 3.05) is 0 Å². The molecule has 0 amide bonds. The van der Waals surface area contributed by atoms with Crippen molar-refractivity contribution in [2.45, 2.75) is 0 Å². The van der Waals surface area contributed by atoms with Crippen LogP contribution in [0, 0.1) is 0 Å². The van der Waals surface area contributed by atoms with E-state index in [2.05, 4.69) is 10.2 Å². The molecule has 2 aromatic carbocycles. The summed E-state index contributed by atoms with van der Waals surface area (Å²) < 4.78 is 0. The number of azo groups is 1. The van der Waals surface area contributed by atoms with Gasteiger partial charge in [-0.3, -0.25) is 0 Å². The molecule has 2 N–H and O–H groups in total. The van der Waals surface area contributed by atoms with Crippen LogP contribution in [0.15, 0.2) is 58.8 Å². The Bertz CT molecular complexity index is 489. The molecule has 0 heterocycles. The Hall–Kier alpha value is -2.36. The van der Waals surface area contributed by atoms with E-state index in [-0.39, 0.29) is 17.2 Å². The Morgan fingerprint density at radius 2 is 1.31 bits per heavy atom. The SMILES string of the molecule is Oc1cccc(O)c1N=Nc1ccccc1. The highest BCUT2D eigenvalue weighted by molar-refractivity contribution is 5.60. The van der Waals surface area contributed by atoms with Crippen molar-refractivity contribution in [3.05, 3.63) is 48.5 Å².